The first kappa shape index (κ1) is 25.1. The molecule has 0 aliphatic heterocycles. The van der Waals surface area contributed by atoms with Gasteiger partial charge in [-0.25, -0.2) is 0 Å². The maximum atomic E-state index is 12.2. The molecule has 3 N–H and O–H groups in total. The first-order valence-corrected chi connectivity index (χ1v) is 11.3. The lowest BCUT2D eigenvalue weighted by atomic mass is 9.74. The van der Waals surface area contributed by atoms with Crippen LogP contribution in [0, 0.1) is 0 Å². The number of hydrogen-bond donors (Lipinski definition) is 3. The normalized spacial score (nSPS) is 19.9. The monoisotopic (exact) mass is 494 g/mol. The summed E-state index contributed by atoms with van der Waals surface area (Å²) in [5.74, 6) is 0.512. The van der Waals surface area contributed by atoms with E-state index in [9.17, 15) is 14.7 Å². The van der Waals surface area contributed by atoms with Crippen molar-refractivity contribution in [1.29, 1.82) is 0 Å². The van der Waals surface area contributed by atoms with Gasteiger partial charge in [0.2, 0.25) is 0 Å². The SMILES string of the molecule is CC1(NC(=O)COc2ccc(Cl)c(Cl)c2)CC(NC(=O)COc2ccc(C(C)(C)O)cc2)C1. The van der Waals surface area contributed by atoms with Gasteiger partial charge in [0.05, 0.1) is 15.6 Å². The number of rotatable bonds is 9. The summed E-state index contributed by atoms with van der Waals surface area (Å²) in [5.41, 5.74) is -0.584. The second-order valence-corrected chi connectivity index (χ2v) is 9.83. The van der Waals surface area contributed by atoms with E-state index in [-0.39, 0.29) is 31.1 Å². The number of nitrogens with one attached hydrogen (secondary N) is 2. The average molecular weight is 495 g/mol. The first-order valence-electron chi connectivity index (χ1n) is 10.6. The number of aliphatic hydroxyl groups is 1. The van der Waals surface area contributed by atoms with Crippen molar-refractivity contribution in [2.24, 2.45) is 0 Å². The van der Waals surface area contributed by atoms with Gasteiger partial charge in [-0.15, -0.1) is 0 Å². The molecule has 1 saturated carbocycles. The number of benzene rings is 2. The van der Waals surface area contributed by atoms with Crippen LogP contribution in [0.4, 0.5) is 0 Å². The van der Waals surface area contributed by atoms with E-state index in [2.05, 4.69) is 10.6 Å². The fraction of sp³-hybridized carbons (Fsp3) is 0.417. The molecule has 2 aromatic rings. The van der Waals surface area contributed by atoms with Crippen LogP contribution in [0.1, 0.15) is 39.2 Å². The van der Waals surface area contributed by atoms with Gasteiger partial charge in [-0.2, -0.15) is 0 Å². The minimum Gasteiger partial charge on any atom is -0.484 e. The quantitative estimate of drug-likeness (QED) is 0.492. The molecule has 0 radical (unpaired) electrons. The summed E-state index contributed by atoms with van der Waals surface area (Å²) in [6.07, 6.45) is 1.22. The van der Waals surface area contributed by atoms with Crippen LogP contribution in [0.25, 0.3) is 0 Å². The van der Waals surface area contributed by atoms with E-state index in [1.165, 1.54) is 0 Å². The molecule has 0 heterocycles. The molecule has 0 aromatic heterocycles. The largest absolute Gasteiger partial charge is 0.484 e. The molecule has 0 unspecified atom stereocenters. The Balaban J connectivity index is 1.36. The van der Waals surface area contributed by atoms with Crippen molar-refractivity contribution in [1.82, 2.24) is 10.6 Å². The molecule has 7 nitrogen and oxygen atoms in total. The van der Waals surface area contributed by atoms with Gasteiger partial charge in [0.15, 0.2) is 13.2 Å². The van der Waals surface area contributed by atoms with Crippen LogP contribution in [0.5, 0.6) is 11.5 Å². The lowest BCUT2D eigenvalue weighted by molar-refractivity contribution is -0.127. The van der Waals surface area contributed by atoms with E-state index in [1.807, 2.05) is 6.92 Å². The van der Waals surface area contributed by atoms with Crippen LogP contribution < -0.4 is 20.1 Å². The van der Waals surface area contributed by atoms with Crippen molar-refractivity contribution in [2.45, 2.75) is 50.8 Å². The molecule has 2 aromatic carbocycles. The molecule has 2 amide bonds. The maximum absolute atomic E-state index is 12.2. The van der Waals surface area contributed by atoms with Crippen LogP contribution >= 0.6 is 23.2 Å². The summed E-state index contributed by atoms with van der Waals surface area (Å²) in [4.78, 5) is 24.4. The summed E-state index contributed by atoms with van der Waals surface area (Å²) >= 11 is 11.8. The predicted octanol–water partition coefficient (Wildman–Crippen LogP) is 3.83. The Bertz CT molecular complexity index is 999. The van der Waals surface area contributed by atoms with Crippen LogP contribution in [0.15, 0.2) is 42.5 Å². The summed E-state index contributed by atoms with van der Waals surface area (Å²) in [5, 5.41) is 16.6. The predicted molar refractivity (Wildman–Crippen MR) is 127 cm³/mol. The molecule has 0 saturated heterocycles. The molecule has 33 heavy (non-hydrogen) atoms. The van der Waals surface area contributed by atoms with Crippen LogP contribution in [-0.2, 0) is 15.2 Å². The third kappa shape index (κ3) is 7.25. The summed E-state index contributed by atoms with van der Waals surface area (Å²) < 4.78 is 11.0. The van der Waals surface area contributed by atoms with Gasteiger partial charge in [-0.3, -0.25) is 9.59 Å². The molecule has 178 valence electrons. The molecule has 0 bridgehead atoms. The third-order valence-electron chi connectivity index (χ3n) is 5.39. The van der Waals surface area contributed by atoms with Crippen LogP contribution in [0.3, 0.4) is 0 Å². The zero-order valence-electron chi connectivity index (χ0n) is 18.8. The van der Waals surface area contributed by atoms with Gasteiger partial charge in [0, 0.05) is 17.6 Å². The highest BCUT2D eigenvalue weighted by Crippen LogP contribution is 2.32. The molecular weight excluding hydrogens is 467 g/mol. The van der Waals surface area contributed by atoms with E-state index in [4.69, 9.17) is 32.7 Å². The first-order chi connectivity index (χ1) is 15.4. The summed E-state index contributed by atoms with van der Waals surface area (Å²) in [6, 6.07) is 11.7. The highest BCUT2D eigenvalue weighted by molar-refractivity contribution is 6.42. The Labute approximate surface area is 203 Å². The second kappa shape index (κ2) is 10.2. The molecule has 9 heteroatoms. The molecule has 0 spiro atoms. The molecule has 1 aliphatic carbocycles. The van der Waals surface area contributed by atoms with Gasteiger partial charge in [0.1, 0.15) is 11.5 Å². The molecular formula is C24H28Cl2N2O5. The zero-order chi connectivity index (χ0) is 24.2. The van der Waals surface area contributed by atoms with E-state index < -0.39 is 11.1 Å². The number of carbonyl (C=O) groups excluding carboxylic acids is 2. The number of ether oxygens (including phenoxy) is 2. The lowest BCUT2D eigenvalue weighted by Gasteiger charge is -2.45. The molecule has 1 aliphatic rings. The van der Waals surface area contributed by atoms with Crippen LogP contribution in [0.2, 0.25) is 10.0 Å². The fourth-order valence-electron chi connectivity index (χ4n) is 3.70. The Hall–Kier alpha value is -2.48. The van der Waals surface area contributed by atoms with Crippen molar-refractivity contribution in [3.05, 3.63) is 58.1 Å². The van der Waals surface area contributed by atoms with Gasteiger partial charge in [-0.05, 0) is 63.4 Å². The Kier molecular flexibility index (Phi) is 7.77. The van der Waals surface area contributed by atoms with E-state index in [0.717, 1.165) is 5.56 Å². The fourth-order valence-corrected chi connectivity index (χ4v) is 3.99. The lowest BCUT2D eigenvalue weighted by Crippen LogP contribution is -2.62. The number of carbonyl (C=O) groups is 2. The molecule has 1 fully saturated rings. The second-order valence-electron chi connectivity index (χ2n) is 9.02. The number of hydrogen-bond acceptors (Lipinski definition) is 5. The van der Waals surface area contributed by atoms with E-state index in [1.54, 1.807) is 56.3 Å². The number of halogens is 2. The smallest absolute Gasteiger partial charge is 0.258 e. The number of amides is 2. The van der Waals surface area contributed by atoms with Crippen molar-refractivity contribution in [3.8, 4) is 11.5 Å². The highest BCUT2D eigenvalue weighted by Gasteiger charge is 2.42. The van der Waals surface area contributed by atoms with Crippen molar-refractivity contribution >= 4 is 35.0 Å². The van der Waals surface area contributed by atoms with Gasteiger partial charge < -0.3 is 25.2 Å². The standard InChI is InChI=1S/C24H28Cl2N2O5/c1-23(2,31)15-4-6-17(7-5-15)32-13-21(29)27-16-11-24(3,12-16)28-22(30)14-33-18-8-9-19(25)20(26)10-18/h4-10,16,31H,11-14H2,1-3H3,(H,27,29)(H,28,30). The Morgan fingerprint density at radius 3 is 2.18 bits per heavy atom. The van der Waals surface area contributed by atoms with Crippen molar-refractivity contribution < 1.29 is 24.2 Å². The third-order valence-corrected chi connectivity index (χ3v) is 6.13. The summed E-state index contributed by atoms with van der Waals surface area (Å²) in [7, 11) is 0. The maximum Gasteiger partial charge on any atom is 0.258 e. The topological polar surface area (TPSA) is 96.9 Å². The Morgan fingerprint density at radius 2 is 1.58 bits per heavy atom. The summed E-state index contributed by atoms with van der Waals surface area (Å²) in [6.45, 7) is 5.07. The van der Waals surface area contributed by atoms with Crippen molar-refractivity contribution in [2.75, 3.05) is 13.2 Å². The van der Waals surface area contributed by atoms with Gasteiger partial charge >= 0.3 is 0 Å². The minimum atomic E-state index is -0.933. The van der Waals surface area contributed by atoms with Crippen LogP contribution in [-0.4, -0.2) is 41.7 Å². The minimum absolute atomic E-state index is 0.0417. The molecule has 0 atom stereocenters. The van der Waals surface area contributed by atoms with Gasteiger partial charge in [-0.1, -0.05) is 35.3 Å². The highest BCUT2D eigenvalue weighted by atomic mass is 35.5. The molecule has 3 rings (SSSR count). The van der Waals surface area contributed by atoms with E-state index in [0.29, 0.717) is 34.4 Å². The van der Waals surface area contributed by atoms with Crippen molar-refractivity contribution in [3.63, 3.8) is 0 Å². The van der Waals surface area contributed by atoms with E-state index >= 15 is 0 Å². The average Bonchev–Trinajstić information content (AvgIpc) is 2.71. The van der Waals surface area contributed by atoms with Gasteiger partial charge in [0.25, 0.3) is 11.8 Å². The Morgan fingerprint density at radius 1 is 1.00 bits per heavy atom. The zero-order valence-corrected chi connectivity index (χ0v) is 20.3.